The third-order valence-corrected chi connectivity index (χ3v) is 10.3. The van der Waals surface area contributed by atoms with Crippen LogP contribution in [0.4, 0.5) is 13.2 Å². The Bertz CT molecular complexity index is 1200. The van der Waals surface area contributed by atoms with E-state index in [1.54, 1.807) is 13.8 Å². The van der Waals surface area contributed by atoms with Crippen molar-refractivity contribution in [2.24, 2.45) is 28.6 Å². The maximum absolute atomic E-state index is 17.4. The van der Waals surface area contributed by atoms with Gasteiger partial charge in [-0.1, -0.05) is 19.9 Å². The highest BCUT2D eigenvalue weighted by Crippen LogP contribution is 2.72. The Labute approximate surface area is 216 Å². The van der Waals surface area contributed by atoms with Crippen molar-refractivity contribution in [1.29, 1.82) is 0 Å². The Morgan fingerprint density at radius 1 is 1.27 bits per heavy atom. The van der Waals surface area contributed by atoms with E-state index in [2.05, 4.69) is 0 Å². The first-order chi connectivity index (χ1) is 17.4. The molecular weight excluding hydrogens is 509 g/mol. The lowest BCUT2D eigenvalue weighted by atomic mass is 9.44. The van der Waals surface area contributed by atoms with Gasteiger partial charge in [-0.2, -0.15) is 0 Å². The Morgan fingerprint density at radius 2 is 2.00 bits per heavy atom. The number of aliphatic hydroxyl groups is 1. The molecule has 0 bridgehead atoms. The Hall–Kier alpha value is -2.33. The van der Waals surface area contributed by atoms with Gasteiger partial charge in [0.1, 0.15) is 12.2 Å². The summed E-state index contributed by atoms with van der Waals surface area (Å²) in [7, 11) is 0. The number of aliphatic hydroxyl groups excluding tert-OH is 1. The first-order valence-electron chi connectivity index (χ1n) is 12.3. The summed E-state index contributed by atoms with van der Waals surface area (Å²) >= 11 is 0.352. The van der Waals surface area contributed by atoms with Crippen molar-refractivity contribution in [1.82, 2.24) is 0 Å². The van der Waals surface area contributed by atoms with Crippen LogP contribution in [0.25, 0.3) is 0 Å². The van der Waals surface area contributed by atoms with Gasteiger partial charge in [0.15, 0.2) is 17.1 Å². The largest absolute Gasteiger partial charge is 0.457 e. The molecule has 3 fully saturated rings. The van der Waals surface area contributed by atoms with Crippen molar-refractivity contribution < 1.29 is 41.8 Å². The number of fused-ring (bicyclic) bond motifs is 5. The van der Waals surface area contributed by atoms with Gasteiger partial charge in [-0.05, 0) is 73.7 Å². The summed E-state index contributed by atoms with van der Waals surface area (Å²) in [5.74, 6) is -3.98. The topological polar surface area (TPSA) is 93.8 Å². The van der Waals surface area contributed by atoms with Gasteiger partial charge in [0.25, 0.3) is 0 Å². The van der Waals surface area contributed by atoms with Crippen molar-refractivity contribution in [2.75, 3.05) is 6.01 Å². The number of ketones is 1. The van der Waals surface area contributed by atoms with Gasteiger partial charge in [-0.15, -0.1) is 0 Å². The van der Waals surface area contributed by atoms with E-state index in [4.69, 9.17) is 9.15 Å². The summed E-state index contributed by atoms with van der Waals surface area (Å²) in [5, 5.41) is 10.7. The zero-order valence-electron chi connectivity index (χ0n) is 20.7. The molecule has 1 aromatic rings. The molecular formula is C27H29F3O6S. The molecule has 4 aliphatic rings. The maximum Gasteiger partial charge on any atom is 0.375 e. The second-order valence-corrected chi connectivity index (χ2v) is 12.0. The lowest BCUT2D eigenvalue weighted by Gasteiger charge is -2.63. The summed E-state index contributed by atoms with van der Waals surface area (Å²) in [4.78, 5) is 38.7. The number of thioether (sulfide) groups is 1. The van der Waals surface area contributed by atoms with Gasteiger partial charge in [-0.25, -0.2) is 18.0 Å². The maximum atomic E-state index is 17.4. The number of furan rings is 1. The zero-order valence-corrected chi connectivity index (χ0v) is 21.5. The van der Waals surface area contributed by atoms with Crippen LogP contribution in [0.2, 0.25) is 0 Å². The Morgan fingerprint density at radius 3 is 2.65 bits per heavy atom. The fourth-order valence-electron chi connectivity index (χ4n) is 7.97. The number of esters is 1. The molecule has 1 N–H and O–H groups in total. The number of allylic oxidation sites excluding steroid dienone is 4. The highest BCUT2D eigenvalue weighted by molar-refractivity contribution is 8.13. The number of alkyl halides is 3. The molecule has 1 heterocycles. The summed E-state index contributed by atoms with van der Waals surface area (Å²) in [6, 6.07) is 1.78. The third-order valence-electron chi connectivity index (χ3n) is 9.63. The number of ether oxygens (including phenoxy) is 1. The third kappa shape index (κ3) is 3.27. The molecule has 0 unspecified atom stereocenters. The standard InChI is InChI=1S/C27H29F3O6S/c1-14-9-16-17-11-19(29)18-10-15(31)6-7-24(18,2)26(17,30)21(32)12-25(16,3)27(14,23(34)37-13-28)36-22(33)20-5-4-8-35-20/h4-8,10,14,16-17,19,21,32H,9,11-13H2,1-3H3/t14-,16+,17-,19+,21+,24+,25+,26+,27+/m1/s1. The van der Waals surface area contributed by atoms with Gasteiger partial charge in [0.05, 0.1) is 12.4 Å². The monoisotopic (exact) mass is 538 g/mol. The van der Waals surface area contributed by atoms with Gasteiger partial charge >= 0.3 is 5.97 Å². The normalized spacial score (nSPS) is 44.5. The molecule has 0 spiro atoms. The van der Waals surface area contributed by atoms with Crippen molar-refractivity contribution in [3.8, 4) is 0 Å². The highest BCUT2D eigenvalue weighted by Gasteiger charge is 2.78. The number of hydrogen-bond acceptors (Lipinski definition) is 7. The van der Waals surface area contributed by atoms with E-state index in [0.29, 0.717) is 11.8 Å². The van der Waals surface area contributed by atoms with E-state index in [9.17, 15) is 23.9 Å². The minimum atomic E-state index is -2.35. The number of carbonyl (C=O) groups excluding carboxylic acids is 3. The second kappa shape index (κ2) is 8.59. The van der Waals surface area contributed by atoms with Crippen LogP contribution in [-0.4, -0.2) is 51.5 Å². The average molecular weight is 539 g/mol. The molecule has 9 atom stereocenters. The van der Waals surface area contributed by atoms with Crippen molar-refractivity contribution in [3.63, 3.8) is 0 Å². The SMILES string of the molecule is C[C@@H]1C[C@H]2[C@H]3C[C@H](F)C4=CC(=O)C=C[C@]4(C)[C@@]3(F)[C@@H](O)C[C@]2(C)[C@@]1(OC(=O)c1ccco1)C(=O)SCF. The smallest absolute Gasteiger partial charge is 0.375 e. The molecule has 10 heteroatoms. The van der Waals surface area contributed by atoms with Crippen LogP contribution >= 0.6 is 11.8 Å². The van der Waals surface area contributed by atoms with Gasteiger partial charge in [0, 0.05) is 22.7 Å². The summed E-state index contributed by atoms with van der Waals surface area (Å²) in [6.07, 6.45) is 1.16. The first kappa shape index (κ1) is 26.3. The molecule has 6 nitrogen and oxygen atoms in total. The van der Waals surface area contributed by atoms with Crippen molar-refractivity contribution >= 4 is 28.6 Å². The zero-order chi connectivity index (χ0) is 27.0. The lowest BCUT2D eigenvalue weighted by Crippen LogP contribution is -2.70. The van der Waals surface area contributed by atoms with E-state index in [-0.39, 0.29) is 30.6 Å². The van der Waals surface area contributed by atoms with E-state index in [1.807, 2.05) is 0 Å². The van der Waals surface area contributed by atoms with Crippen LogP contribution in [0.5, 0.6) is 0 Å². The predicted octanol–water partition coefficient (Wildman–Crippen LogP) is 4.93. The first-order valence-corrected chi connectivity index (χ1v) is 13.3. The van der Waals surface area contributed by atoms with E-state index in [1.165, 1.54) is 37.5 Å². The van der Waals surface area contributed by atoms with Crippen molar-refractivity contribution in [3.05, 3.63) is 48.0 Å². The molecule has 0 aliphatic heterocycles. The average Bonchev–Trinajstić information content (AvgIpc) is 3.45. The number of rotatable bonds is 4. The molecule has 0 amide bonds. The van der Waals surface area contributed by atoms with Crippen LogP contribution in [-0.2, 0) is 14.3 Å². The quantitative estimate of drug-likeness (QED) is 0.544. The lowest BCUT2D eigenvalue weighted by molar-refractivity contribution is -0.221. The highest BCUT2D eigenvalue weighted by atomic mass is 32.2. The number of carbonyl (C=O) groups is 3. The van der Waals surface area contributed by atoms with E-state index < -0.39 is 75.0 Å². The van der Waals surface area contributed by atoms with Crippen LogP contribution < -0.4 is 0 Å². The minimum absolute atomic E-state index is 0.00739. The van der Waals surface area contributed by atoms with Crippen LogP contribution in [0.1, 0.15) is 50.6 Å². The molecule has 4 aliphatic carbocycles. The van der Waals surface area contributed by atoms with Crippen LogP contribution in [0.15, 0.2) is 46.6 Å². The molecule has 0 aromatic carbocycles. The van der Waals surface area contributed by atoms with Crippen molar-refractivity contribution in [2.45, 2.75) is 63.6 Å². The van der Waals surface area contributed by atoms with Gasteiger partial charge in [-0.3, -0.25) is 9.59 Å². The summed E-state index contributed by atoms with van der Waals surface area (Å²) < 4.78 is 57.5. The fourth-order valence-corrected chi connectivity index (χ4v) is 8.76. The van der Waals surface area contributed by atoms with E-state index in [0.717, 1.165) is 6.08 Å². The second-order valence-electron chi connectivity index (χ2n) is 11.1. The van der Waals surface area contributed by atoms with E-state index >= 15 is 8.78 Å². The minimum Gasteiger partial charge on any atom is -0.457 e. The number of halogens is 3. The molecule has 0 radical (unpaired) electrons. The summed E-state index contributed by atoms with van der Waals surface area (Å²) in [5.41, 5.74) is -7.19. The molecule has 3 saturated carbocycles. The Kier molecular flexibility index (Phi) is 6.10. The summed E-state index contributed by atoms with van der Waals surface area (Å²) in [6.45, 7) is 4.79. The van der Waals surface area contributed by atoms with Crippen LogP contribution in [0, 0.1) is 28.6 Å². The molecule has 0 saturated heterocycles. The molecule has 5 rings (SSSR count). The molecule has 1 aromatic heterocycles. The van der Waals surface area contributed by atoms with Crippen LogP contribution in [0.3, 0.4) is 0 Å². The Balaban J connectivity index is 1.64. The van der Waals surface area contributed by atoms with Gasteiger partial charge in [0.2, 0.25) is 10.9 Å². The molecule has 37 heavy (non-hydrogen) atoms. The predicted molar refractivity (Wildman–Crippen MR) is 129 cm³/mol. The molecule has 200 valence electrons. The van der Waals surface area contributed by atoms with Gasteiger partial charge < -0.3 is 14.3 Å². The number of hydrogen-bond donors (Lipinski definition) is 1. The fraction of sp³-hybridized carbons (Fsp3) is 0.593.